The van der Waals surface area contributed by atoms with Gasteiger partial charge in [-0.1, -0.05) is 35.9 Å². The van der Waals surface area contributed by atoms with Crippen molar-refractivity contribution in [1.29, 1.82) is 0 Å². The number of hydrogen-bond acceptors (Lipinski definition) is 5. The molecule has 0 spiro atoms. The molecule has 4 rings (SSSR count). The number of amides is 1. The zero-order valence-electron chi connectivity index (χ0n) is 15.4. The number of carbonyl (C=O) groups is 1. The van der Waals surface area contributed by atoms with Gasteiger partial charge >= 0.3 is 0 Å². The van der Waals surface area contributed by atoms with E-state index in [0.29, 0.717) is 22.4 Å². The summed E-state index contributed by atoms with van der Waals surface area (Å²) in [5, 5.41) is 0.592. The molecule has 4 aromatic rings. The maximum absolute atomic E-state index is 12.8. The molecule has 8 heteroatoms. The molecule has 0 aliphatic heterocycles. The van der Waals surface area contributed by atoms with Crippen molar-refractivity contribution >= 4 is 26.8 Å². The van der Waals surface area contributed by atoms with Gasteiger partial charge in [0.15, 0.2) is 5.76 Å². The highest BCUT2D eigenvalue weighted by molar-refractivity contribution is 7.89. The highest BCUT2D eigenvalue weighted by atomic mass is 32.2. The maximum atomic E-state index is 12.8. The standard InChI is InChI=1S/C21H17N3O4S/c1-14-8-10-15(11-9-14)29(26,27)24-23-21(25)17-13-19(20-7-4-12-28-20)22-18-6-3-2-5-16(17)18/h2-13,24H,1H3,(H,23,25). The quantitative estimate of drug-likeness (QED) is 0.494. The Morgan fingerprint density at radius 1 is 1.00 bits per heavy atom. The van der Waals surface area contributed by atoms with E-state index in [1.807, 2.05) is 13.0 Å². The number of sulfonamides is 1. The summed E-state index contributed by atoms with van der Waals surface area (Å²) in [6, 6.07) is 18.4. The van der Waals surface area contributed by atoms with E-state index in [1.165, 1.54) is 18.4 Å². The third-order valence-corrected chi connectivity index (χ3v) is 5.63. The number of rotatable bonds is 5. The lowest BCUT2D eigenvalue weighted by molar-refractivity contribution is 0.0946. The smallest absolute Gasteiger partial charge is 0.267 e. The van der Waals surface area contributed by atoms with Gasteiger partial charge in [0.25, 0.3) is 15.9 Å². The Kier molecular flexibility index (Phi) is 4.87. The number of furan rings is 1. The van der Waals surface area contributed by atoms with Gasteiger partial charge in [0.1, 0.15) is 5.69 Å². The molecule has 2 N–H and O–H groups in total. The number of benzene rings is 2. The number of hydrogen-bond donors (Lipinski definition) is 2. The van der Waals surface area contributed by atoms with Crippen LogP contribution in [0, 0.1) is 6.92 Å². The van der Waals surface area contributed by atoms with Crippen LogP contribution in [0.3, 0.4) is 0 Å². The number of aromatic nitrogens is 1. The zero-order valence-corrected chi connectivity index (χ0v) is 16.2. The van der Waals surface area contributed by atoms with Crippen LogP contribution in [0.25, 0.3) is 22.4 Å². The molecular weight excluding hydrogens is 390 g/mol. The summed E-state index contributed by atoms with van der Waals surface area (Å²) in [6.45, 7) is 1.86. The first kappa shape index (κ1) is 18.9. The molecule has 2 aromatic heterocycles. The lowest BCUT2D eigenvalue weighted by Crippen LogP contribution is -2.41. The van der Waals surface area contributed by atoms with Crippen LogP contribution in [0.1, 0.15) is 15.9 Å². The van der Waals surface area contributed by atoms with E-state index < -0.39 is 15.9 Å². The molecule has 0 radical (unpaired) electrons. The lowest BCUT2D eigenvalue weighted by atomic mass is 10.1. The molecule has 2 heterocycles. The highest BCUT2D eigenvalue weighted by Crippen LogP contribution is 2.25. The van der Waals surface area contributed by atoms with Gasteiger partial charge in [-0.15, -0.1) is 4.83 Å². The van der Waals surface area contributed by atoms with Crippen molar-refractivity contribution in [2.24, 2.45) is 0 Å². The van der Waals surface area contributed by atoms with E-state index in [9.17, 15) is 13.2 Å². The molecule has 0 saturated carbocycles. The number of aryl methyl sites for hydroxylation is 1. The molecule has 146 valence electrons. The molecule has 0 bridgehead atoms. The number of nitrogens with one attached hydrogen (secondary N) is 2. The highest BCUT2D eigenvalue weighted by Gasteiger charge is 2.18. The topological polar surface area (TPSA) is 101 Å². The number of nitrogens with zero attached hydrogens (tertiary/aromatic N) is 1. The predicted molar refractivity (Wildman–Crippen MR) is 108 cm³/mol. The predicted octanol–water partition coefficient (Wildman–Crippen LogP) is 3.43. The van der Waals surface area contributed by atoms with E-state index >= 15 is 0 Å². The second-order valence-corrected chi connectivity index (χ2v) is 8.10. The van der Waals surface area contributed by atoms with Crippen molar-refractivity contribution in [2.75, 3.05) is 0 Å². The first-order chi connectivity index (χ1) is 13.9. The maximum Gasteiger partial charge on any atom is 0.267 e. The number of para-hydroxylation sites is 1. The number of hydrazine groups is 1. The summed E-state index contributed by atoms with van der Waals surface area (Å²) in [7, 11) is -3.90. The van der Waals surface area contributed by atoms with Crippen LogP contribution in [0.5, 0.6) is 0 Å². The van der Waals surface area contributed by atoms with Crippen molar-refractivity contribution in [1.82, 2.24) is 15.2 Å². The number of pyridine rings is 1. The largest absolute Gasteiger partial charge is 0.463 e. The second-order valence-electron chi connectivity index (χ2n) is 6.42. The molecule has 29 heavy (non-hydrogen) atoms. The minimum atomic E-state index is -3.90. The fourth-order valence-corrected chi connectivity index (χ4v) is 3.71. The molecule has 7 nitrogen and oxygen atoms in total. The van der Waals surface area contributed by atoms with Crippen molar-refractivity contribution in [2.45, 2.75) is 11.8 Å². The van der Waals surface area contributed by atoms with Crippen molar-refractivity contribution in [3.63, 3.8) is 0 Å². The molecule has 0 saturated heterocycles. The van der Waals surface area contributed by atoms with E-state index in [0.717, 1.165) is 5.56 Å². The second kappa shape index (κ2) is 7.50. The van der Waals surface area contributed by atoms with E-state index in [1.54, 1.807) is 48.5 Å². The third kappa shape index (κ3) is 3.89. The fraction of sp³-hybridized carbons (Fsp3) is 0.0476. The summed E-state index contributed by atoms with van der Waals surface area (Å²) >= 11 is 0. The molecule has 0 atom stereocenters. The molecule has 1 amide bonds. The van der Waals surface area contributed by atoms with Gasteiger partial charge < -0.3 is 4.42 Å². The monoisotopic (exact) mass is 407 g/mol. The van der Waals surface area contributed by atoms with Gasteiger partial charge in [-0.25, -0.2) is 13.4 Å². The average Bonchev–Trinajstić information content (AvgIpc) is 3.26. The van der Waals surface area contributed by atoms with Gasteiger partial charge in [-0.2, -0.15) is 0 Å². The van der Waals surface area contributed by atoms with Crippen LogP contribution >= 0.6 is 0 Å². The Hall–Kier alpha value is -3.49. The third-order valence-electron chi connectivity index (χ3n) is 4.36. The summed E-state index contributed by atoms with van der Waals surface area (Å²) in [5.74, 6) is -0.0999. The summed E-state index contributed by atoms with van der Waals surface area (Å²) < 4.78 is 30.3. The van der Waals surface area contributed by atoms with E-state index in [-0.39, 0.29) is 10.5 Å². The fourth-order valence-electron chi connectivity index (χ4n) is 2.87. The number of carbonyl (C=O) groups excluding carboxylic acids is 1. The van der Waals surface area contributed by atoms with Crippen LogP contribution in [0.4, 0.5) is 0 Å². The Bertz CT molecular complexity index is 1280. The summed E-state index contributed by atoms with van der Waals surface area (Å²) in [5.41, 5.74) is 4.55. The van der Waals surface area contributed by atoms with Gasteiger partial charge in [0.05, 0.1) is 22.2 Å². The first-order valence-corrected chi connectivity index (χ1v) is 10.2. The van der Waals surface area contributed by atoms with Gasteiger partial charge in [0.2, 0.25) is 0 Å². The summed E-state index contributed by atoms with van der Waals surface area (Å²) in [4.78, 5) is 19.5. The minimum Gasteiger partial charge on any atom is -0.463 e. The SMILES string of the molecule is Cc1ccc(S(=O)(=O)NNC(=O)c2cc(-c3ccco3)nc3ccccc23)cc1. The molecule has 2 aromatic carbocycles. The molecule has 0 fully saturated rings. The Labute approximate surface area is 167 Å². The van der Waals surface area contributed by atoms with Crippen molar-refractivity contribution in [3.05, 3.63) is 84.1 Å². The van der Waals surface area contributed by atoms with Crippen LogP contribution < -0.4 is 10.3 Å². The van der Waals surface area contributed by atoms with Crippen molar-refractivity contribution in [3.8, 4) is 11.5 Å². The van der Waals surface area contributed by atoms with Crippen molar-refractivity contribution < 1.29 is 17.6 Å². The van der Waals surface area contributed by atoms with Crippen LogP contribution in [-0.4, -0.2) is 19.3 Å². The minimum absolute atomic E-state index is 0.0549. The zero-order chi connectivity index (χ0) is 20.4. The van der Waals surface area contributed by atoms with Gasteiger partial charge in [-0.05, 0) is 43.3 Å². The Balaban J connectivity index is 1.65. The Morgan fingerprint density at radius 2 is 1.76 bits per heavy atom. The molecule has 0 aliphatic carbocycles. The van der Waals surface area contributed by atoms with Gasteiger partial charge in [-0.3, -0.25) is 10.2 Å². The summed E-state index contributed by atoms with van der Waals surface area (Å²) in [6.07, 6.45) is 1.52. The number of fused-ring (bicyclic) bond motifs is 1. The normalized spacial score (nSPS) is 11.5. The van der Waals surface area contributed by atoms with Crippen LogP contribution in [-0.2, 0) is 10.0 Å². The van der Waals surface area contributed by atoms with E-state index in [2.05, 4.69) is 15.2 Å². The lowest BCUT2D eigenvalue weighted by Gasteiger charge is -2.11. The molecular formula is C21H17N3O4S. The van der Waals surface area contributed by atoms with E-state index in [4.69, 9.17) is 4.42 Å². The Morgan fingerprint density at radius 3 is 2.48 bits per heavy atom. The van der Waals surface area contributed by atoms with Crippen LogP contribution in [0.15, 0.2) is 82.3 Å². The van der Waals surface area contributed by atoms with Gasteiger partial charge in [0, 0.05) is 5.39 Å². The molecule has 0 aliphatic rings. The average molecular weight is 407 g/mol. The molecule has 0 unspecified atom stereocenters. The first-order valence-electron chi connectivity index (χ1n) is 8.76. The van der Waals surface area contributed by atoms with Crippen LogP contribution in [0.2, 0.25) is 0 Å².